The molecule has 0 aliphatic rings. The molecule has 0 fully saturated rings. The summed E-state index contributed by atoms with van der Waals surface area (Å²) in [6.07, 6.45) is 4.12. The highest BCUT2D eigenvalue weighted by molar-refractivity contribution is 5.76. The molecule has 0 aromatic rings. The number of aliphatic hydroxyl groups is 1. The van der Waals surface area contributed by atoms with Gasteiger partial charge in [-0.2, -0.15) is 0 Å². The van der Waals surface area contributed by atoms with Crippen LogP contribution in [0.1, 0.15) is 51.9 Å². The number of carbonyl (C=O) groups is 1. The summed E-state index contributed by atoms with van der Waals surface area (Å²) in [6, 6.07) is 0. The molecule has 0 atom stereocenters. The van der Waals surface area contributed by atoms with E-state index in [1.54, 1.807) is 0 Å². The molecule has 1 amide bonds. The molecule has 0 aliphatic carbocycles. The minimum Gasteiger partial charge on any atom is -0.395 e. The predicted octanol–water partition coefficient (Wildman–Crippen LogP) is 2.82. The highest BCUT2D eigenvalue weighted by atomic mass is 19.3. The Kier molecular flexibility index (Phi) is 10.9. The first-order valence-corrected chi connectivity index (χ1v) is 6.78. The highest BCUT2D eigenvalue weighted by Crippen LogP contribution is 2.09. The number of nitrogens with zero attached hydrogens (tertiary/aromatic N) is 1. The topological polar surface area (TPSA) is 40.5 Å². The first-order chi connectivity index (χ1) is 8.61. The summed E-state index contributed by atoms with van der Waals surface area (Å²) in [5.41, 5.74) is 0. The highest BCUT2D eigenvalue weighted by Gasteiger charge is 2.16. The minimum atomic E-state index is -2.54. The quantitative estimate of drug-likeness (QED) is 0.584. The summed E-state index contributed by atoms with van der Waals surface area (Å²) < 4.78 is 24.4. The minimum absolute atomic E-state index is 0.000984. The van der Waals surface area contributed by atoms with Gasteiger partial charge in [0.2, 0.25) is 5.91 Å². The number of carbonyl (C=O) groups excluding carboxylic acids is 1. The van der Waals surface area contributed by atoms with Gasteiger partial charge in [0.1, 0.15) is 0 Å². The van der Waals surface area contributed by atoms with Crippen molar-refractivity contribution in [3.63, 3.8) is 0 Å². The van der Waals surface area contributed by atoms with Crippen LogP contribution in [0.2, 0.25) is 0 Å². The SMILES string of the molecule is CCCCCCCCC(=O)N(CCO)CC(F)F. The van der Waals surface area contributed by atoms with Crippen LogP contribution in [-0.2, 0) is 4.79 Å². The van der Waals surface area contributed by atoms with E-state index in [-0.39, 0.29) is 19.1 Å². The molecule has 5 heteroatoms. The van der Waals surface area contributed by atoms with Gasteiger partial charge in [-0.25, -0.2) is 8.78 Å². The fraction of sp³-hybridized carbons (Fsp3) is 0.923. The summed E-state index contributed by atoms with van der Waals surface area (Å²) in [6.45, 7) is 1.30. The van der Waals surface area contributed by atoms with E-state index in [9.17, 15) is 13.6 Å². The van der Waals surface area contributed by atoms with Crippen molar-refractivity contribution in [2.45, 2.75) is 58.3 Å². The van der Waals surface area contributed by atoms with Gasteiger partial charge >= 0.3 is 0 Å². The van der Waals surface area contributed by atoms with Crippen molar-refractivity contribution in [1.29, 1.82) is 0 Å². The summed E-state index contributed by atoms with van der Waals surface area (Å²) in [7, 11) is 0. The lowest BCUT2D eigenvalue weighted by atomic mass is 10.1. The van der Waals surface area contributed by atoms with E-state index in [0.717, 1.165) is 24.2 Å². The Bertz CT molecular complexity index is 213. The van der Waals surface area contributed by atoms with Crippen LogP contribution in [0.25, 0.3) is 0 Å². The number of amides is 1. The number of halogens is 2. The van der Waals surface area contributed by atoms with Crippen LogP contribution >= 0.6 is 0 Å². The zero-order valence-electron chi connectivity index (χ0n) is 11.2. The van der Waals surface area contributed by atoms with Crippen molar-refractivity contribution in [1.82, 2.24) is 4.90 Å². The average molecular weight is 265 g/mol. The van der Waals surface area contributed by atoms with Crippen LogP contribution in [0.4, 0.5) is 8.78 Å². The number of hydrogen-bond donors (Lipinski definition) is 1. The predicted molar refractivity (Wildman–Crippen MR) is 67.7 cm³/mol. The number of unbranched alkanes of at least 4 members (excludes halogenated alkanes) is 5. The number of alkyl halides is 2. The lowest BCUT2D eigenvalue weighted by Crippen LogP contribution is -2.37. The molecule has 0 aliphatic heterocycles. The zero-order chi connectivity index (χ0) is 13.8. The number of aliphatic hydroxyl groups excluding tert-OH is 1. The fourth-order valence-corrected chi connectivity index (χ4v) is 1.82. The van der Waals surface area contributed by atoms with Crippen LogP contribution in [0.3, 0.4) is 0 Å². The van der Waals surface area contributed by atoms with Crippen molar-refractivity contribution < 1.29 is 18.7 Å². The van der Waals surface area contributed by atoms with E-state index in [2.05, 4.69) is 6.92 Å². The van der Waals surface area contributed by atoms with Gasteiger partial charge in [-0.05, 0) is 6.42 Å². The van der Waals surface area contributed by atoms with Crippen LogP contribution in [0.15, 0.2) is 0 Å². The lowest BCUT2D eigenvalue weighted by Gasteiger charge is -2.21. The molecule has 0 rings (SSSR count). The number of hydrogen-bond acceptors (Lipinski definition) is 2. The third-order valence-corrected chi connectivity index (χ3v) is 2.83. The van der Waals surface area contributed by atoms with Crippen molar-refractivity contribution in [3.05, 3.63) is 0 Å². The number of rotatable bonds is 11. The summed E-state index contributed by atoms with van der Waals surface area (Å²) in [5.74, 6) is -0.278. The fourth-order valence-electron chi connectivity index (χ4n) is 1.82. The summed E-state index contributed by atoms with van der Waals surface area (Å²) >= 11 is 0. The lowest BCUT2D eigenvalue weighted by molar-refractivity contribution is -0.133. The Morgan fingerprint density at radius 2 is 1.78 bits per heavy atom. The van der Waals surface area contributed by atoms with Gasteiger partial charge in [0.25, 0.3) is 6.43 Å². The largest absolute Gasteiger partial charge is 0.395 e. The molecular formula is C13H25F2NO2. The summed E-state index contributed by atoms with van der Waals surface area (Å²) in [5, 5.41) is 8.73. The maximum Gasteiger partial charge on any atom is 0.255 e. The molecule has 0 aromatic heterocycles. The molecule has 0 saturated heterocycles. The first-order valence-electron chi connectivity index (χ1n) is 6.78. The Morgan fingerprint density at radius 3 is 2.33 bits per heavy atom. The van der Waals surface area contributed by atoms with Crippen molar-refractivity contribution in [2.24, 2.45) is 0 Å². The normalized spacial score (nSPS) is 10.9. The molecule has 0 saturated carbocycles. The molecule has 0 spiro atoms. The van der Waals surface area contributed by atoms with Gasteiger partial charge in [-0.15, -0.1) is 0 Å². The van der Waals surface area contributed by atoms with Gasteiger partial charge in [-0.1, -0.05) is 39.0 Å². The van der Waals surface area contributed by atoms with Gasteiger partial charge in [0.15, 0.2) is 0 Å². The van der Waals surface area contributed by atoms with Gasteiger partial charge < -0.3 is 10.0 Å². The van der Waals surface area contributed by atoms with E-state index in [1.165, 1.54) is 19.3 Å². The molecular weight excluding hydrogens is 240 g/mol. The molecule has 0 aromatic carbocycles. The van der Waals surface area contributed by atoms with E-state index in [1.807, 2.05) is 0 Å². The zero-order valence-corrected chi connectivity index (χ0v) is 11.2. The molecule has 1 N–H and O–H groups in total. The molecule has 0 heterocycles. The Balaban J connectivity index is 3.74. The third kappa shape index (κ3) is 9.33. The molecule has 108 valence electrons. The van der Waals surface area contributed by atoms with Crippen LogP contribution in [-0.4, -0.2) is 42.0 Å². The van der Waals surface area contributed by atoms with Crippen LogP contribution in [0.5, 0.6) is 0 Å². The first kappa shape index (κ1) is 17.3. The molecule has 0 bridgehead atoms. The second-order valence-corrected chi connectivity index (χ2v) is 4.47. The smallest absolute Gasteiger partial charge is 0.255 e. The van der Waals surface area contributed by atoms with Crippen LogP contribution in [0, 0.1) is 0 Å². The van der Waals surface area contributed by atoms with E-state index >= 15 is 0 Å². The standard InChI is InChI=1S/C13H25F2NO2/c1-2-3-4-5-6-7-8-13(18)16(9-10-17)11-12(14)15/h12,17H,2-11H2,1H3. The van der Waals surface area contributed by atoms with Crippen molar-refractivity contribution >= 4 is 5.91 Å². The van der Waals surface area contributed by atoms with Gasteiger partial charge in [-0.3, -0.25) is 4.79 Å². The maximum absolute atomic E-state index is 12.2. The Labute approximate surface area is 108 Å². The van der Waals surface area contributed by atoms with Gasteiger partial charge in [0, 0.05) is 13.0 Å². The molecule has 0 radical (unpaired) electrons. The molecule has 18 heavy (non-hydrogen) atoms. The average Bonchev–Trinajstić information content (AvgIpc) is 2.32. The monoisotopic (exact) mass is 265 g/mol. The van der Waals surface area contributed by atoms with Crippen molar-refractivity contribution in [3.8, 4) is 0 Å². The second-order valence-electron chi connectivity index (χ2n) is 4.47. The van der Waals surface area contributed by atoms with E-state index in [0.29, 0.717) is 6.42 Å². The van der Waals surface area contributed by atoms with E-state index < -0.39 is 13.0 Å². The Hall–Kier alpha value is -0.710. The van der Waals surface area contributed by atoms with Crippen molar-refractivity contribution in [2.75, 3.05) is 19.7 Å². The van der Waals surface area contributed by atoms with Gasteiger partial charge in [0.05, 0.1) is 13.2 Å². The summed E-state index contributed by atoms with van der Waals surface area (Å²) in [4.78, 5) is 12.7. The third-order valence-electron chi connectivity index (χ3n) is 2.83. The Morgan fingerprint density at radius 1 is 1.17 bits per heavy atom. The second kappa shape index (κ2) is 11.4. The molecule has 0 unspecified atom stereocenters. The van der Waals surface area contributed by atoms with Crippen LogP contribution < -0.4 is 0 Å². The molecule has 3 nitrogen and oxygen atoms in total. The maximum atomic E-state index is 12.2. The van der Waals surface area contributed by atoms with E-state index in [4.69, 9.17) is 5.11 Å².